The van der Waals surface area contributed by atoms with Crippen molar-refractivity contribution in [3.63, 3.8) is 0 Å². The highest BCUT2D eigenvalue weighted by atomic mass is 16.4. The molecule has 2 heterocycles. The standard InChI is InChI=1S/C9H11N3O/c1-5-4-6(2)10-8(5)9-12-11-7(3)13-9/h4,10H,1-3H3. The van der Waals surface area contributed by atoms with E-state index in [9.17, 15) is 0 Å². The highest BCUT2D eigenvalue weighted by Crippen LogP contribution is 2.21. The van der Waals surface area contributed by atoms with E-state index in [0.29, 0.717) is 11.8 Å². The van der Waals surface area contributed by atoms with Gasteiger partial charge in [0, 0.05) is 12.6 Å². The molecule has 0 bridgehead atoms. The fourth-order valence-electron chi connectivity index (χ4n) is 1.35. The Morgan fingerprint density at radius 1 is 1.23 bits per heavy atom. The Morgan fingerprint density at radius 2 is 2.00 bits per heavy atom. The molecule has 68 valence electrons. The van der Waals surface area contributed by atoms with Crippen molar-refractivity contribution in [1.82, 2.24) is 15.2 Å². The van der Waals surface area contributed by atoms with Gasteiger partial charge in [0.05, 0.1) is 0 Å². The minimum Gasteiger partial charge on any atom is -0.420 e. The molecule has 4 nitrogen and oxygen atoms in total. The van der Waals surface area contributed by atoms with Gasteiger partial charge < -0.3 is 9.40 Å². The van der Waals surface area contributed by atoms with Crippen LogP contribution in [-0.2, 0) is 0 Å². The maximum absolute atomic E-state index is 5.31. The number of hydrogen-bond acceptors (Lipinski definition) is 3. The van der Waals surface area contributed by atoms with E-state index < -0.39 is 0 Å². The quantitative estimate of drug-likeness (QED) is 0.724. The van der Waals surface area contributed by atoms with Gasteiger partial charge in [-0.2, -0.15) is 0 Å². The third-order valence-corrected chi connectivity index (χ3v) is 1.89. The lowest BCUT2D eigenvalue weighted by Gasteiger charge is -1.90. The van der Waals surface area contributed by atoms with Gasteiger partial charge in [0.2, 0.25) is 5.89 Å². The smallest absolute Gasteiger partial charge is 0.264 e. The highest BCUT2D eigenvalue weighted by molar-refractivity contribution is 5.53. The summed E-state index contributed by atoms with van der Waals surface area (Å²) in [7, 11) is 0. The molecule has 0 aromatic carbocycles. The van der Waals surface area contributed by atoms with Crippen molar-refractivity contribution >= 4 is 0 Å². The number of H-pyrrole nitrogens is 1. The van der Waals surface area contributed by atoms with Crippen LogP contribution in [0, 0.1) is 20.8 Å². The van der Waals surface area contributed by atoms with Crippen LogP contribution in [-0.4, -0.2) is 15.2 Å². The van der Waals surface area contributed by atoms with Crippen LogP contribution in [0.25, 0.3) is 11.6 Å². The second-order valence-electron chi connectivity index (χ2n) is 3.14. The topological polar surface area (TPSA) is 54.7 Å². The van der Waals surface area contributed by atoms with Crippen LogP contribution >= 0.6 is 0 Å². The average Bonchev–Trinajstić information content (AvgIpc) is 2.58. The number of aromatic amines is 1. The monoisotopic (exact) mass is 177 g/mol. The predicted octanol–water partition coefficient (Wildman–Crippen LogP) is 1.99. The molecular weight excluding hydrogens is 166 g/mol. The van der Waals surface area contributed by atoms with Crippen LogP contribution in [0.15, 0.2) is 10.5 Å². The first-order valence-electron chi connectivity index (χ1n) is 4.13. The van der Waals surface area contributed by atoms with Crippen molar-refractivity contribution in [3.05, 3.63) is 23.2 Å². The molecule has 4 heteroatoms. The summed E-state index contributed by atoms with van der Waals surface area (Å²) in [6, 6.07) is 2.05. The van der Waals surface area contributed by atoms with Crippen LogP contribution in [0.3, 0.4) is 0 Å². The van der Waals surface area contributed by atoms with Crippen LogP contribution in [0.2, 0.25) is 0 Å². The van der Waals surface area contributed by atoms with Crippen molar-refractivity contribution in [2.45, 2.75) is 20.8 Å². The van der Waals surface area contributed by atoms with E-state index >= 15 is 0 Å². The summed E-state index contributed by atoms with van der Waals surface area (Å²) >= 11 is 0. The molecule has 0 saturated carbocycles. The molecule has 0 fully saturated rings. The molecule has 0 aliphatic heterocycles. The van der Waals surface area contributed by atoms with Crippen LogP contribution < -0.4 is 0 Å². The first kappa shape index (κ1) is 8.04. The summed E-state index contributed by atoms with van der Waals surface area (Å²) < 4.78 is 5.31. The zero-order chi connectivity index (χ0) is 9.42. The number of aromatic nitrogens is 3. The van der Waals surface area contributed by atoms with Gasteiger partial charge >= 0.3 is 0 Å². The second kappa shape index (κ2) is 2.73. The molecule has 2 aromatic heterocycles. The van der Waals surface area contributed by atoms with Gasteiger partial charge in [0.1, 0.15) is 5.69 Å². The summed E-state index contributed by atoms with van der Waals surface area (Å²) in [6.45, 7) is 5.79. The number of aryl methyl sites for hydroxylation is 3. The first-order valence-corrected chi connectivity index (χ1v) is 4.13. The molecule has 0 unspecified atom stereocenters. The Morgan fingerprint density at radius 3 is 2.46 bits per heavy atom. The van der Waals surface area contributed by atoms with Gasteiger partial charge in [0.25, 0.3) is 5.89 Å². The Hall–Kier alpha value is -1.58. The van der Waals surface area contributed by atoms with Crippen LogP contribution in [0.4, 0.5) is 0 Å². The van der Waals surface area contributed by atoms with Gasteiger partial charge in [-0.15, -0.1) is 10.2 Å². The van der Waals surface area contributed by atoms with Gasteiger partial charge in [-0.05, 0) is 25.5 Å². The van der Waals surface area contributed by atoms with Crippen LogP contribution in [0.5, 0.6) is 0 Å². The molecule has 13 heavy (non-hydrogen) atoms. The zero-order valence-electron chi connectivity index (χ0n) is 7.88. The van der Waals surface area contributed by atoms with Crippen molar-refractivity contribution in [1.29, 1.82) is 0 Å². The Balaban J connectivity index is 2.51. The third kappa shape index (κ3) is 1.35. The van der Waals surface area contributed by atoms with E-state index in [1.165, 1.54) is 0 Å². The third-order valence-electron chi connectivity index (χ3n) is 1.89. The first-order chi connectivity index (χ1) is 6.16. The Kier molecular flexibility index (Phi) is 1.69. The highest BCUT2D eigenvalue weighted by Gasteiger charge is 2.10. The van der Waals surface area contributed by atoms with E-state index in [4.69, 9.17) is 4.42 Å². The van der Waals surface area contributed by atoms with E-state index in [-0.39, 0.29) is 0 Å². The Bertz CT molecular complexity index is 428. The molecule has 2 rings (SSSR count). The largest absolute Gasteiger partial charge is 0.420 e. The number of rotatable bonds is 1. The van der Waals surface area contributed by atoms with Gasteiger partial charge in [0.15, 0.2) is 0 Å². The summed E-state index contributed by atoms with van der Waals surface area (Å²) in [4.78, 5) is 3.18. The minimum atomic E-state index is 0.558. The van der Waals surface area contributed by atoms with Crippen molar-refractivity contribution in [2.24, 2.45) is 0 Å². The molecule has 0 aliphatic carbocycles. The summed E-state index contributed by atoms with van der Waals surface area (Å²) in [5, 5.41) is 7.72. The van der Waals surface area contributed by atoms with E-state index in [0.717, 1.165) is 17.0 Å². The second-order valence-corrected chi connectivity index (χ2v) is 3.14. The minimum absolute atomic E-state index is 0.558. The lowest BCUT2D eigenvalue weighted by Crippen LogP contribution is -1.80. The molecule has 0 aliphatic rings. The van der Waals surface area contributed by atoms with Gasteiger partial charge in [-0.3, -0.25) is 0 Å². The number of hydrogen-bond donors (Lipinski definition) is 1. The summed E-state index contributed by atoms with van der Waals surface area (Å²) in [5.41, 5.74) is 3.14. The number of nitrogens with zero attached hydrogens (tertiary/aromatic N) is 2. The maximum Gasteiger partial charge on any atom is 0.264 e. The number of nitrogens with one attached hydrogen (secondary N) is 1. The van der Waals surface area contributed by atoms with Gasteiger partial charge in [-0.25, -0.2) is 0 Å². The summed E-state index contributed by atoms with van der Waals surface area (Å²) in [5.74, 6) is 1.14. The maximum atomic E-state index is 5.31. The van der Waals surface area contributed by atoms with Crippen molar-refractivity contribution < 1.29 is 4.42 Å². The van der Waals surface area contributed by atoms with E-state index in [1.807, 2.05) is 13.8 Å². The summed E-state index contributed by atoms with van der Waals surface area (Å²) in [6.07, 6.45) is 0. The molecule has 0 spiro atoms. The van der Waals surface area contributed by atoms with E-state index in [1.54, 1.807) is 6.92 Å². The van der Waals surface area contributed by atoms with Crippen molar-refractivity contribution in [2.75, 3.05) is 0 Å². The molecule has 0 radical (unpaired) electrons. The fraction of sp³-hybridized carbons (Fsp3) is 0.333. The van der Waals surface area contributed by atoms with Crippen LogP contribution in [0.1, 0.15) is 17.1 Å². The normalized spacial score (nSPS) is 10.7. The molecule has 0 atom stereocenters. The zero-order valence-corrected chi connectivity index (χ0v) is 7.88. The lowest BCUT2D eigenvalue weighted by molar-refractivity contribution is 0.531. The van der Waals surface area contributed by atoms with Gasteiger partial charge in [-0.1, -0.05) is 0 Å². The predicted molar refractivity (Wildman–Crippen MR) is 48.3 cm³/mol. The SMILES string of the molecule is Cc1cc(C)c(-c2nnc(C)o2)[nH]1. The fourth-order valence-corrected chi connectivity index (χ4v) is 1.35. The van der Waals surface area contributed by atoms with Crippen molar-refractivity contribution in [3.8, 4) is 11.6 Å². The molecule has 0 saturated heterocycles. The average molecular weight is 177 g/mol. The molecular formula is C9H11N3O. The molecule has 0 amide bonds. The molecule has 2 aromatic rings. The van der Waals surface area contributed by atoms with E-state index in [2.05, 4.69) is 21.2 Å². The molecule has 1 N–H and O–H groups in total. The Labute approximate surface area is 76.0 Å². The lowest BCUT2D eigenvalue weighted by atomic mass is 10.2.